The number of carbonyl (C=O) groups is 3. The van der Waals surface area contributed by atoms with Gasteiger partial charge in [-0.2, -0.15) is 0 Å². The predicted molar refractivity (Wildman–Crippen MR) is 167 cm³/mol. The first kappa shape index (κ1) is 30.8. The van der Waals surface area contributed by atoms with Crippen LogP contribution >= 0.6 is 58.2 Å². The number of aryl methyl sites for hydroxylation is 2. The summed E-state index contributed by atoms with van der Waals surface area (Å²) in [7, 11) is 0. The van der Waals surface area contributed by atoms with Crippen molar-refractivity contribution >= 4 is 87.3 Å². The van der Waals surface area contributed by atoms with Crippen LogP contribution < -0.4 is 10.6 Å². The van der Waals surface area contributed by atoms with E-state index in [0.717, 1.165) is 27.3 Å². The summed E-state index contributed by atoms with van der Waals surface area (Å²) >= 11 is 25.6. The van der Waals surface area contributed by atoms with E-state index in [1.165, 1.54) is 11.8 Å². The van der Waals surface area contributed by atoms with E-state index in [4.69, 9.17) is 46.4 Å². The molecule has 1 unspecified atom stereocenters. The normalized spacial score (nSPS) is 11.6. The summed E-state index contributed by atoms with van der Waals surface area (Å²) in [5.41, 5.74) is 3.01. The van der Waals surface area contributed by atoms with Gasteiger partial charge in [0.2, 0.25) is 5.91 Å². The summed E-state index contributed by atoms with van der Waals surface area (Å²) < 4.78 is 0. The molecule has 0 saturated carbocycles. The summed E-state index contributed by atoms with van der Waals surface area (Å²) in [5.74, 6) is -2.50. The van der Waals surface area contributed by atoms with Gasteiger partial charge >= 0.3 is 5.97 Å². The van der Waals surface area contributed by atoms with Crippen LogP contribution in [0.2, 0.25) is 20.1 Å². The van der Waals surface area contributed by atoms with E-state index < -0.39 is 33.3 Å². The first-order chi connectivity index (χ1) is 19.5. The molecule has 0 saturated heterocycles. The molecule has 0 bridgehead atoms. The van der Waals surface area contributed by atoms with Gasteiger partial charge in [0.25, 0.3) is 5.91 Å². The maximum Gasteiger partial charge on any atom is 0.338 e. The number of hydrogen-bond acceptors (Lipinski definition) is 4. The fourth-order valence-corrected chi connectivity index (χ4v) is 6.09. The molecule has 6 nitrogen and oxygen atoms in total. The largest absolute Gasteiger partial charge is 0.478 e. The molecule has 0 spiro atoms. The van der Waals surface area contributed by atoms with Crippen LogP contribution in [0.25, 0.3) is 0 Å². The van der Waals surface area contributed by atoms with Crippen molar-refractivity contribution in [3.05, 3.63) is 121 Å². The molecule has 4 aromatic rings. The summed E-state index contributed by atoms with van der Waals surface area (Å²) in [6.07, 6.45) is 0. The lowest BCUT2D eigenvalue weighted by Gasteiger charge is -2.18. The molecule has 0 aliphatic carbocycles. The Morgan fingerprint density at radius 2 is 1.37 bits per heavy atom. The zero-order valence-electron chi connectivity index (χ0n) is 21.6. The summed E-state index contributed by atoms with van der Waals surface area (Å²) in [5, 5.41) is 13.5. The number of carboxylic acid groups (broad SMARTS) is 1. The van der Waals surface area contributed by atoms with E-state index in [2.05, 4.69) is 10.6 Å². The van der Waals surface area contributed by atoms with Crippen molar-refractivity contribution in [2.75, 3.05) is 10.6 Å². The van der Waals surface area contributed by atoms with Gasteiger partial charge < -0.3 is 15.7 Å². The highest BCUT2D eigenvalue weighted by Crippen LogP contribution is 2.42. The van der Waals surface area contributed by atoms with Crippen LogP contribution in [0.1, 0.15) is 42.7 Å². The number of nitrogens with one attached hydrogen (secondary N) is 2. The topological polar surface area (TPSA) is 95.5 Å². The average Bonchev–Trinajstić information content (AvgIpc) is 2.94. The molecule has 41 heavy (non-hydrogen) atoms. The van der Waals surface area contributed by atoms with Crippen LogP contribution in [-0.4, -0.2) is 22.9 Å². The van der Waals surface area contributed by atoms with E-state index in [0.29, 0.717) is 5.69 Å². The average molecular weight is 648 g/mol. The van der Waals surface area contributed by atoms with Crippen LogP contribution in [0.5, 0.6) is 0 Å². The Hall–Kier alpha value is -3.20. The maximum atomic E-state index is 13.4. The molecule has 0 radical (unpaired) electrons. The standard InChI is InChI=1S/C30H22Cl4N2O4S/c1-15-8-13-20(16(2)14-15)36-29(38)27(17-6-4-3-5-7-17)41-19-11-9-18(10-12-19)35-28(37)21-22(30(39)40)24(32)26(34)25(33)23(21)31/h3-14,27H,1-2H3,(H,35,37)(H,36,38)(H,39,40). The minimum absolute atomic E-state index is 0.183. The molecular weight excluding hydrogens is 626 g/mol. The minimum atomic E-state index is -1.49. The van der Waals surface area contributed by atoms with Gasteiger partial charge in [0, 0.05) is 16.3 Å². The Labute approximate surface area is 261 Å². The Balaban J connectivity index is 1.56. The molecule has 0 aliphatic heterocycles. The van der Waals surface area contributed by atoms with Crippen LogP contribution in [-0.2, 0) is 4.79 Å². The number of carbonyl (C=O) groups excluding carboxylic acids is 2. The molecule has 3 N–H and O–H groups in total. The Morgan fingerprint density at radius 3 is 1.95 bits per heavy atom. The second kappa shape index (κ2) is 13.2. The number of carboxylic acids is 1. The second-order valence-corrected chi connectivity index (χ2v) is 11.7. The third-order valence-corrected chi connectivity index (χ3v) is 9.12. The monoisotopic (exact) mass is 646 g/mol. The van der Waals surface area contributed by atoms with Crippen molar-refractivity contribution in [2.24, 2.45) is 0 Å². The lowest BCUT2D eigenvalue weighted by atomic mass is 10.1. The molecule has 0 aromatic heterocycles. The number of halogens is 4. The van der Waals surface area contributed by atoms with E-state index in [-0.39, 0.29) is 21.0 Å². The zero-order valence-corrected chi connectivity index (χ0v) is 25.4. The highest BCUT2D eigenvalue weighted by Gasteiger charge is 2.29. The first-order valence-corrected chi connectivity index (χ1v) is 14.5. The van der Waals surface area contributed by atoms with Gasteiger partial charge in [-0.3, -0.25) is 9.59 Å². The van der Waals surface area contributed by atoms with Gasteiger partial charge in [-0.1, -0.05) is 94.4 Å². The van der Waals surface area contributed by atoms with E-state index in [9.17, 15) is 19.5 Å². The molecule has 1 atom stereocenters. The van der Waals surface area contributed by atoms with Gasteiger partial charge in [0.05, 0.1) is 31.2 Å². The van der Waals surface area contributed by atoms with Crippen molar-refractivity contribution in [1.82, 2.24) is 0 Å². The second-order valence-electron chi connectivity index (χ2n) is 9.01. The highest BCUT2D eigenvalue weighted by molar-refractivity contribution is 8.00. The lowest BCUT2D eigenvalue weighted by molar-refractivity contribution is -0.115. The highest BCUT2D eigenvalue weighted by atomic mass is 35.5. The Kier molecular flexibility index (Phi) is 9.89. The molecule has 0 aliphatic rings. The number of thioether (sulfide) groups is 1. The fourth-order valence-electron chi connectivity index (χ4n) is 4.05. The summed E-state index contributed by atoms with van der Waals surface area (Å²) in [4.78, 5) is 39.1. The number of amides is 2. The number of benzene rings is 4. The summed E-state index contributed by atoms with van der Waals surface area (Å²) in [6, 6.07) is 22.0. The lowest BCUT2D eigenvalue weighted by Crippen LogP contribution is -2.19. The van der Waals surface area contributed by atoms with Crippen LogP contribution in [0.4, 0.5) is 11.4 Å². The molecule has 4 rings (SSSR count). The third kappa shape index (κ3) is 7.00. The van der Waals surface area contributed by atoms with Crippen molar-refractivity contribution in [1.29, 1.82) is 0 Å². The smallest absolute Gasteiger partial charge is 0.338 e. The SMILES string of the molecule is Cc1ccc(NC(=O)C(Sc2ccc(NC(=O)c3c(Cl)c(Cl)c(Cl)c(Cl)c3C(=O)O)cc2)c2ccccc2)c(C)c1. The van der Waals surface area contributed by atoms with E-state index in [1.54, 1.807) is 24.3 Å². The molecule has 4 aromatic carbocycles. The Bertz CT molecular complexity index is 1650. The molecule has 210 valence electrons. The van der Waals surface area contributed by atoms with E-state index >= 15 is 0 Å². The van der Waals surface area contributed by atoms with E-state index in [1.807, 2.05) is 62.4 Å². The number of rotatable bonds is 8. The third-order valence-electron chi connectivity index (χ3n) is 6.05. The van der Waals surface area contributed by atoms with Gasteiger partial charge in [0.1, 0.15) is 5.25 Å². The number of aromatic carboxylic acids is 1. The van der Waals surface area contributed by atoms with Gasteiger partial charge in [-0.15, -0.1) is 11.8 Å². The molecule has 0 fully saturated rings. The number of anilines is 2. The van der Waals surface area contributed by atoms with Crippen molar-refractivity contribution < 1.29 is 19.5 Å². The van der Waals surface area contributed by atoms with Crippen molar-refractivity contribution in [3.63, 3.8) is 0 Å². The molecular formula is C30H22Cl4N2O4S. The van der Waals surface area contributed by atoms with Crippen molar-refractivity contribution in [2.45, 2.75) is 24.0 Å². The Morgan fingerprint density at radius 1 is 0.756 bits per heavy atom. The quantitative estimate of drug-likeness (QED) is 0.101. The minimum Gasteiger partial charge on any atom is -0.478 e. The van der Waals surface area contributed by atoms with Gasteiger partial charge in [-0.25, -0.2) is 4.79 Å². The number of hydrogen-bond donors (Lipinski definition) is 3. The fraction of sp³-hybridized carbons (Fsp3) is 0.100. The zero-order chi connectivity index (χ0) is 29.8. The first-order valence-electron chi connectivity index (χ1n) is 12.1. The molecule has 11 heteroatoms. The summed E-state index contributed by atoms with van der Waals surface area (Å²) in [6.45, 7) is 3.94. The van der Waals surface area contributed by atoms with Crippen LogP contribution in [0.15, 0.2) is 77.7 Å². The molecule has 0 heterocycles. The van der Waals surface area contributed by atoms with Crippen LogP contribution in [0, 0.1) is 13.8 Å². The molecule has 2 amide bonds. The predicted octanol–water partition coefficient (Wildman–Crippen LogP) is 9.34. The van der Waals surface area contributed by atoms with Gasteiger partial charge in [0.15, 0.2) is 0 Å². The van der Waals surface area contributed by atoms with Crippen molar-refractivity contribution in [3.8, 4) is 0 Å². The maximum absolute atomic E-state index is 13.4. The van der Waals surface area contributed by atoms with Gasteiger partial charge in [-0.05, 0) is 55.3 Å². The van der Waals surface area contributed by atoms with Crippen LogP contribution in [0.3, 0.4) is 0 Å².